The molecule has 1 fully saturated rings. The Bertz CT molecular complexity index is 994. The van der Waals surface area contributed by atoms with E-state index >= 15 is 0 Å². The van der Waals surface area contributed by atoms with Crippen LogP contribution in [0, 0.1) is 0 Å². The molecule has 34 heavy (non-hydrogen) atoms. The number of benzene rings is 2. The van der Waals surface area contributed by atoms with Crippen molar-refractivity contribution in [1.29, 1.82) is 0 Å². The molecule has 0 bridgehead atoms. The first-order valence-electron chi connectivity index (χ1n) is 11.3. The van der Waals surface area contributed by atoms with Crippen LogP contribution in [-0.2, 0) is 21.9 Å². The molecule has 0 radical (unpaired) electrons. The topological polar surface area (TPSA) is 49.4 Å². The monoisotopic (exact) mass is 560 g/mol. The maximum atomic E-state index is 13.3. The van der Waals surface area contributed by atoms with Crippen molar-refractivity contribution in [3.63, 3.8) is 0 Å². The van der Waals surface area contributed by atoms with Gasteiger partial charge in [-0.15, -0.1) is 11.8 Å². The molecule has 0 aliphatic heterocycles. The number of amides is 2. The highest BCUT2D eigenvalue weighted by molar-refractivity contribution is 7.99. The van der Waals surface area contributed by atoms with E-state index < -0.39 is 6.04 Å². The lowest BCUT2D eigenvalue weighted by molar-refractivity contribution is -0.139. The molecule has 1 unspecified atom stereocenters. The fourth-order valence-corrected chi connectivity index (χ4v) is 5.95. The van der Waals surface area contributed by atoms with Crippen LogP contribution >= 0.6 is 58.2 Å². The Labute approximate surface area is 225 Å². The third-order valence-electron chi connectivity index (χ3n) is 5.99. The van der Waals surface area contributed by atoms with E-state index in [0.717, 1.165) is 36.8 Å². The number of carbonyl (C=O) groups is 2. The number of thioether (sulfide) groups is 1. The van der Waals surface area contributed by atoms with Gasteiger partial charge in [0.05, 0.1) is 15.8 Å². The lowest BCUT2D eigenvalue weighted by atomic mass is 9.95. The van der Waals surface area contributed by atoms with Gasteiger partial charge in [-0.25, -0.2) is 0 Å². The van der Waals surface area contributed by atoms with Crippen molar-refractivity contribution in [1.82, 2.24) is 10.2 Å². The third-order valence-corrected chi connectivity index (χ3v) is 8.38. The molecule has 1 saturated carbocycles. The van der Waals surface area contributed by atoms with E-state index in [2.05, 4.69) is 5.32 Å². The van der Waals surface area contributed by atoms with Crippen LogP contribution in [0.5, 0.6) is 0 Å². The van der Waals surface area contributed by atoms with Gasteiger partial charge in [0.2, 0.25) is 11.8 Å². The zero-order valence-corrected chi connectivity index (χ0v) is 22.8. The highest BCUT2D eigenvalue weighted by atomic mass is 35.5. The fourth-order valence-electron chi connectivity index (χ4n) is 3.98. The van der Waals surface area contributed by atoms with Gasteiger partial charge < -0.3 is 10.2 Å². The van der Waals surface area contributed by atoms with Crippen molar-refractivity contribution < 1.29 is 9.59 Å². The van der Waals surface area contributed by atoms with Gasteiger partial charge in [-0.05, 0) is 55.2 Å². The standard InChI is InChI=1S/C25H28Cl4N2O2S/c1-16(25(33)30-18-6-3-2-4-7-18)31(13-17-10-11-22(28)23(29)12-17)24(32)15-34-14-19-20(26)8-5-9-21(19)27/h5,8-12,16,18H,2-4,6-7,13-15H2,1H3,(H,30,33). The van der Waals surface area contributed by atoms with Gasteiger partial charge >= 0.3 is 0 Å². The van der Waals surface area contributed by atoms with Crippen LogP contribution in [0.4, 0.5) is 0 Å². The lowest BCUT2D eigenvalue weighted by Crippen LogP contribution is -2.50. The largest absolute Gasteiger partial charge is 0.352 e. The molecular formula is C25H28Cl4N2O2S. The van der Waals surface area contributed by atoms with E-state index in [-0.39, 0.29) is 30.2 Å². The molecule has 0 spiro atoms. The number of rotatable bonds is 9. The van der Waals surface area contributed by atoms with Gasteiger partial charge in [-0.3, -0.25) is 9.59 Å². The van der Waals surface area contributed by atoms with Gasteiger partial charge in [-0.2, -0.15) is 0 Å². The first-order chi connectivity index (χ1) is 16.3. The molecule has 184 valence electrons. The Morgan fingerprint density at radius 2 is 1.68 bits per heavy atom. The smallest absolute Gasteiger partial charge is 0.242 e. The summed E-state index contributed by atoms with van der Waals surface area (Å²) in [5.74, 6) is 0.391. The Morgan fingerprint density at radius 3 is 2.32 bits per heavy atom. The van der Waals surface area contributed by atoms with Crippen LogP contribution in [-0.4, -0.2) is 34.6 Å². The van der Waals surface area contributed by atoms with Crippen LogP contribution in [0.15, 0.2) is 36.4 Å². The number of nitrogens with zero attached hydrogens (tertiary/aromatic N) is 1. The van der Waals surface area contributed by atoms with Crippen molar-refractivity contribution in [2.45, 2.75) is 63.4 Å². The summed E-state index contributed by atoms with van der Waals surface area (Å²) < 4.78 is 0. The molecule has 4 nitrogen and oxygen atoms in total. The molecule has 0 aromatic heterocycles. The van der Waals surface area contributed by atoms with Crippen molar-refractivity contribution in [2.24, 2.45) is 0 Å². The number of hydrogen-bond acceptors (Lipinski definition) is 3. The minimum Gasteiger partial charge on any atom is -0.352 e. The van der Waals surface area contributed by atoms with E-state index in [1.54, 1.807) is 42.2 Å². The summed E-state index contributed by atoms with van der Waals surface area (Å²) in [6.45, 7) is 2.02. The summed E-state index contributed by atoms with van der Waals surface area (Å²) in [6, 6.07) is 10.1. The number of nitrogens with one attached hydrogen (secondary N) is 1. The third kappa shape index (κ3) is 7.69. The predicted octanol–water partition coefficient (Wildman–Crippen LogP) is 7.40. The molecule has 2 aromatic carbocycles. The molecule has 1 aliphatic rings. The van der Waals surface area contributed by atoms with Crippen molar-refractivity contribution >= 4 is 70.0 Å². The molecular weight excluding hydrogens is 534 g/mol. The molecule has 9 heteroatoms. The van der Waals surface area contributed by atoms with Crippen LogP contribution < -0.4 is 5.32 Å². The van der Waals surface area contributed by atoms with E-state index in [1.807, 2.05) is 6.07 Å². The Morgan fingerprint density at radius 1 is 1.00 bits per heavy atom. The SMILES string of the molecule is CC(C(=O)NC1CCCCC1)N(Cc1ccc(Cl)c(Cl)c1)C(=O)CSCc1c(Cl)cccc1Cl. The summed E-state index contributed by atoms with van der Waals surface area (Å²) in [5.41, 5.74) is 1.60. The quantitative estimate of drug-likeness (QED) is 0.347. The van der Waals surface area contributed by atoms with Crippen LogP contribution in [0.3, 0.4) is 0 Å². The summed E-state index contributed by atoms with van der Waals surface area (Å²) >= 11 is 26.2. The normalized spacial score (nSPS) is 15.1. The van der Waals surface area contributed by atoms with Gasteiger partial charge in [0.15, 0.2) is 0 Å². The van der Waals surface area contributed by atoms with Gasteiger partial charge in [-0.1, -0.05) is 77.8 Å². The Balaban J connectivity index is 1.70. The maximum absolute atomic E-state index is 13.3. The minimum absolute atomic E-state index is 0.139. The van der Waals surface area contributed by atoms with Crippen LogP contribution in [0.2, 0.25) is 20.1 Å². The lowest BCUT2D eigenvalue weighted by Gasteiger charge is -2.31. The van der Waals surface area contributed by atoms with E-state index in [4.69, 9.17) is 46.4 Å². The highest BCUT2D eigenvalue weighted by Crippen LogP contribution is 2.29. The van der Waals surface area contributed by atoms with Crippen LogP contribution in [0.1, 0.15) is 50.2 Å². The first kappa shape index (κ1) is 27.5. The van der Waals surface area contributed by atoms with Gasteiger partial charge in [0.25, 0.3) is 0 Å². The highest BCUT2D eigenvalue weighted by Gasteiger charge is 2.28. The van der Waals surface area contributed by atoms with Crippen molar-refractivity contribution in [3.8, 4) is 0 Å². The molecule has 2 amide bonds. The summed E-state index contributed by atoms with van der Waals surface area (Å²) in [5, 5.41) is 5.13. The fraction of sp³-hybridized carbons (Fsp3) is 0.440. The molecule has 1 N–H and O–H groups in total. The van der Waals surface area contributed by atoms with Gasteiger partial charge in [0.1, 0.15) is 6.04 Å². The second-order valence-electron chi connectivity index (χ2n) is 8.48. The van der Waals surface area contributed by atoms with Crippen LogP contribution in [0.25, 0.3) is 0 Å². The number of carbonyl (C=O) groups excluding carboxylic acids is 2. The summed E-state index contributed by atoms with van der Waals surface area (Å²) in [6.07, 6.45) is 5.40. The number of hydrogen-bond donors (Lipinski definition) is 1. The van der Waals surface area contributed by atoms with E-state index in [9.17, 15) is 9.59 Å². The molecule has 1 atom stereocenters. The molecule has 1 aliphatic carbocycles. The number of halogens is 4. The molecule has 2 aromatic rings. The van der Waals surface area contributed by atoms with Gasteiger partial charge in [0, 0.05) is 28.4 Å². The Kier molecular flexibility index (Phi) is 10.7. The summed E-state index contributed by atoms with van der Waals surface area (Å²) in [4.78, 5) is 28.0. The summed E-state index contributed by atoms with van der Waals surface area (Å²) in [7, 11) is 0. The second kappa shape index (κ2) is 13.3. The second-order valence-corrected chi connectivity index (χ2v) is 11.1. The Hall–Kier alpha value is -1.11. The average molecular weight is 562 g/mol. The molecule has 0 saturated heterocycles. The van der Waals surface area contributed by atoms with Crippen molar-refractivity contribution in [2.75, 3.05) is 5.75 Å². The van der Waals surface area contributed by atoms with Crippen molar-refractivity contribution in [3.05, 3.63) is 67.6 Å². The average Bonchev–Trinajstić information content (AvgIpc) is 2.81. The zero-order chi connectivity index (χ0) is 24.7. The maximum Gasteiger partial charge on any atom is 0.242 e. The zero-order valence-electron chi connectivity index (χ0n) is 19.0. The predicted molar refractivity (Wildman–Crippen MR) is 144 cm³/mol. The molecule has 3 rings (SSSR count). The van der Waals surface area contributed by atoms with E-state index in [1.165, 1.54) is 18.2 Å². The minimum atomic E-state index is -0.631. The molecule has 0 heterocycles. The first-order valence-corrected chi connectivity index (χ1v) is 14.0. The van der Waals surface area contributed by atoms with E-state index in [0.29, 0.717) is 25.8 Å².